The lowest BCUT2D eigenvalue weighted by Crippen LogP contribution is -2.12. The molecule has 0 radical (unpaired) electrons. The van der Waals surface area contributed by atoms with E-state index in [1.54, 1.807) is 13.8 Å². The summed E-state index contributed by atoms with van der Waals surface area (Å²) >= 11 is 0. The molecule has 0 saturated carbocycles. The number of rotatable bonds is 8. The summed E-state index contributed by atoms with van der Waals surface area (Å²) in [5.74, 6) is -1.37. The Labute approximate surface area is 225 Å². The number of aromatic hydroxyl groups is 1. The van der Waals surface area contributed by atoms with Crippen molar-refractivity contribution in [1.82, 2.24) is 0 Å². The van der Waals surface area contributed by atoms with Crippen LogP contribution in [-0.2, 0) is 21.3 Å². The van der Waals surface area contributed by atoms with Crippen LogP contribution in [0.3, 0.4) is 0 Å². The number of fused-ring (bicyclic) bond motifs is 2. The van der Waals surface area contributed by atoms with Gasteiger partial charge in [-0.25, -0.2) is 23.1 Å². The molecular formula is C27H28N2O9S. The van der Waals surface area contributed by atoms with Crippen molar-refractivity contribution in [2.24, 2.45) is 5.14 Å². The highest BCUT2D eigenvalue weighted by Gasteiger charge is 2.34. The fourth-order valence-electron chi connectivity index (χ4n) is 4.12. The monoisotopic (exact) mass is 556 g/mol. The largest absolute Gasteiger partial charge is 0.507 e. The molecule has 0 aliphatic carbocycles. The van der Waals surface area contributed by atoms with E-state index in [0.717, 1.165) is 0 Å². The van der Waals surface area contributed by atoms with Crippen LogP contribution < -0.4 is 24.7 Å². The molecule has 4 N–H and O–H groups in total. The number of anilines is 1. The minimum absolute atomic E-state index is 0.000913. The molecule has 11 nitrogen and oxygen atoms in total. The van der Waals surface area contributed by atoms with Crippen LogP contribution in [0.25, 0.3) is 0 Å². The second kappa shape index (κ2) is 10.8. The Morgan fingerprint density at radius 1 is 1.08 bits per heavy atom. The van der Waals surface area contributed by atoms with Crippen molar-refractivity contribution in [1.29, 1.82) is 0 Å². The maximum Gasteiger partial charge on any atom is 0.347 e. The number of hydrogen-bond donors (Lipinski definition) is 3. The summed E-state index contributed by atoms with van der Waals surface area (Å²) in [5, 5.41) is 19.1. The van der Waals surface area contributed by atoms with Gasteiger partial charge in [0.05, 0.1) is 24.2 Å². The Hall–Kier alpha value is -4.29. The van der Waals surface area contributed by atoms with E-state index < -0.39 is 22.0 Å². The Kier molecular flexibility index (Phi) is 7.70. The molecule has 1 aliphatic heterocycles. The normalized spacial score (nSPS) is 12.4. The number of benzene rings is 3. The van der Waals surface area contributed by atoms with E-state index in [1.807, 2.05) is 6.92 Å². The number of sulfonamides is 1. The van der Waals surface area contributed by atoms with Gasteiger partial charge in [-0.15, -0.1) is 0 Å². The number of hydrogen-bond acceptors (Lipinski definition) is 10. The quantitative estimate of drug-likeness (QED) is 0.271. The number of ether oxygens (including phenoxy) is 4. The van der Waals surface area contributed by atoms with Crippen LogP contribution in [-0.4, -0.2) is 39.2 Å². The van der Waals surface area contributed by atoms with Crippen LogP contribution in [0.1, 0.15) is 50.8 Å². The molecule has 39 heavy (non-hydrogen) atoms. The summed E-state index contributed by atoms with van der Waals surface area (Å²) in [5.41, 5.74) is 1.59. The van der Waals surface area contributed by atoms with Gasteiger partial charge >= 0.3 is 11.9 Å². The highest BCUT2D eigenvalue weighted by molar-refractivity contribution is 7.89. The smallest absolute Gasteiger partial charge is 0.347 e. The van der Waals surface area contributed by atoms with Gasteiger partial charge in [-0.1, -0.05) is 6.92 Å². The second-order valence-electron chi connectivity index (χ2n) is 8.86. The van der Waals surface area contributed by atoms with Crippen LogP contribution >= 0.6 is 0 Å². The van der Waals surface area contributed by atoms with Crippen LogP contribution in [0, 0.1) is 13.8 Å². The lowest BCUT2D eigenvalue weighted by Gasteiger charge is -2.19. The lowest BCUT2D eigenvalue weighted by molar-refractivity contribution is 0.0500. The third-order valence-electron chi connectivity index (χ3n) is 6.13. The number of primary sulfonamides is 1. The van der Waals surface area contributed by atoms with E-state index in [0.29, 0.717) is 29.0 Å². The number of phenolic OH excluding ortho intramolecular Hbond substituents is 1. The Morgan fingerprint density at radius 2 is 1.77 bits per heavy atom. The zero-order valence-electron chi connectivity index (χ0n) is 21.8. The molecule has 3 aromatic carbocycles. The molecule has 4 rings (SSSR count). The van der Waals surface area contributed by atoms with Crippen LogP contribution in [0.2, 0.25) is 0 Å². The average Bonchev–Trinajstić information content (AvgIpc) is 3.04. The molecule has 0 amide bonds. The first kappa shape index (κ1) is 27.7. The van der Waals surface area contributed by atoms with Crippen molar-refractivity contribution in [3.63, 3.8) is 0 Å². The Balaban J connectivity index is 1.81. The van der Waals surface area contributed by atoms with Gasteiger partial charge < -0.3 is 29.4 Å². The Morgan fingerprint density at radius 3 is 2.38 bits per heavy atom. The van der Waals surface area contributed by atoms with Gasteiger partial charge in [-0.2, -0.15) is 0 Å². The molecule has 12 heteroatoms. The predicted molar refractivity (Wildman–Crippen MR) is 141 cm³/mol. The maximum atomic E-state index is 13.3. The fourth-order valence-corrected chi connectivity index (χ4v) is 4.63. The second-order valence-corrected chi connectivity index (χ2v) is 10.4. The molecule has 0 unspecified atom stereocenters. The number of aryl methyl sites for hydroxylation is 1. The van der Waals surface area contributed by atoms with E-state index >= 15 is 0 Å². The number of carbonyl (C=O) groups is 2. The van der Waals surface area contributed by atoms with E-state index in [1.165, 1.54) is 43.5 Å². The first-order valence-corrected chi connectivity index (χ1v) is 13.5. The topological polar surface area (TPSA) is 163 Å². The number of carbonyl (C=O) groups excluding carboxylic acids is 2. The van der Waals surface area contributed by atoms with Crippen molar-refractivity contribution in [3.05, 3.63) is 64.2 Å². The van der Waals surface area contributed by atoms with Gasteiger partial charge in [-0.3, -0.25) is 0 Å². The zero-order chi connectivity index (χ0) is 28.5. The molecule has 0 spiro atoms. The van der Waals surface area contributed by atoms with Gasteiger partial charge in [0, 0.05) is 17.8 Å². The van der Waals surface area contributed by atoms with E-state index in [2.05, 4.69) is 5.32 Å². The molecule has 1 heterocycles. The number of nitrogens with two attached hydrogens (primary N) is 1. The summed E-state index contributed by atoms with van der Waals surface area (Å²) in [6.45, 7) is 5.26. The summed E-state index contributed by atoms with van der Waals surface area (Å²) in [4.78, 5) is 26.3. The van der Waals surface area contributed by atoms with Crippen molar-refractivity contribution in [2.75, 3.05) is 19.0 Å². The fraction of sp³-hybridized carbons (Fsp3) is 0.259. The molecule has 0 atom stereocenters. The summed E-state index contributed by atoms with van der Waals surface area (Å²) in [7, 11) is -2.44. The van der Waals surface area contributed by atoms with Crippen molar-refractivity contribution in [3.8, 4) is 28.7 Å². The summed E-state index contributed by atoms with van der Waals surface area (Å²) in [6.07, 6.45) is 0.594. The van der Waals surface area contributed by atoms with Crippen molar-refractivity contribution >= 4 is 27.6 Å². The number of nitrogens with one attached hydrogen (secondary N) is 1. The van der Waals surface area contributed by atoms with E-state index in [9.17, 15) is 23.1 Å². The molecule has 1 aliphatic rings. The minimum atomic E-state index is -3.86. The maximum absolute atomic E-state index is 13.3. The van der Waals surface area contributed by atoms with E-state index in [4.69, 9.17) is 24.1 Å². The average molecular weight is 557 g/mol. The number of phenols is 1. The van der Waals surface area contributed by atoms with Crippen molar-refractivity contribution in [2.45, 2.75) is 38.6 Å². The molecule has 0 fully saturated rings. The van der Waals surface area contributed by atoms with Gasteiger partial charge in [0.15, 0.2) is 17.2 Å². The minimum Gasteiger partial charge on any atom is -0.507 e. The molecule has 206 valence electrons. The standard InChI is InChI=1S/C27H28N2O9S/c1-5-10-36-26(31)18-12-21(35-4)15(3)23-25(18)37-24-19(20(30)11-14(2)22(24)27(32)38-23)13-29-16-6-8-17(9-7-16)39(28,33)34/h6-9,11-12,29-30H,5,10,13H2,1-4H3,(H2,28,33,34). The number of methoxy groups -OCH3 is 1. The first-order chi connectivity index (χ1) is 18.5. The van der Waals surface area contributed by atoms with Gasteiger partial charge in [0.25, 0.3) is 0 Å². The lowest BCUT2D eigenvalue weighted by atomic mass is 10.0. The zero-order valence-corrected chi connectivity index (χ0v) is 22.6. The molecule has 0 saturated heterocycles. The highest BCUT2D eigenvalue weighted by atomic mass is 32.2. The molecule has 0 aromatic heterocycles. The molecule has 3 aromatic rings. The van der Waals surface area contributed by atoms with Gasteiger partial charge in [0.1, 0.15) is 22.6 Å². The third-order valence-corrected chi connectivity index (χ3v) is 7.06. The van der Waals surface area contributed by atoms with Gasteiger partial charge in [0.2, 0.25) is 10.0 Å². The summed E-state index contributed by atoms with van der Waals surface area (Å²) in [6, 6.07) is 8.54. The van der Waals surface area contributed by atoms with Crippen LogP contribution in [0.5, 0.6) is 28.7 Å². The molecular weight excluding hydrogens is 528 g/mol. The highest BCUT2D eigenvalue weighted by Crippen LogP contribution is 2.48. The third kappa shape index (κ3) is 5.47. The van der Waals surface area contributed by atoms with Crippen LogP contribution in [0.4, 0.5) is 5.69 Å². The van der Waals surface area contributed by atoms with Crippen LogP contribution in [0.15, 0.2) is 41.3 Å². The molecule has 0 bridgehead atoms. The van der Waals surface area contributed by atoms with Crippen molar-refractivity contribution < 1.29 is 42.1 Å². The first-order valence-electron chi connectivity index (χ1n) is 12.0. The van der Waals surface area contributed by atoms with Gasteiger partial charge in [-0.05, 0) is 62.2 Å². The van der Waals surface area contributed by atoms with E-state index in [-0.39, 0.29) is 57.7 Å². The predicted octanol–water partition coefficient (Wildman–Crippen LogP) is 4.17. The SMILES string of the molecule is CCCOC(=O)c1cc(OC)c(C)c2c1Oc1c(CNc3ccc(S(N)(=O)=O)cc3)c(O)cc(C)c1C(=O)O2. The number of esters is 2. The Bertz CT molecular complexity index is 1570. The summed E-state index contributed by atoms with van der Waals surface area (Å²) < 4.78 is 45.8.